The molecule has 1 aliphatic rings. The van der Waals surface area contributed by atoms with Gasteiger partial charge in [-0.2, -0.15) is 0 Å². The first-order valence-electron chi connectivity index (χ1n) is 13.3. The largest absolute Gasteiger partial charge is 0.135 e. The first-order chi connectivity index (χ1) is 18.6. The van der Waals surface area contributed by atoms with Crippen LogP contribution in [0.25, 0.3) is 53.2 Å². The van der Waals surface area contributed by atoms with Gasteiger partial charge in [-0.25, -0.2) is 0 Å². The van der Waals surface area contributed by atoms with Crippen molar-refractivity contribution in [1.29, 1.82) is 0 Å². The zero-order chi connectivity index (χ0) is 25.4. The SMILES string of the molecule is Cc1cc(-c2ccc(C3(C)c4ccccc4-c4ccccc43)c3ccccc23)c2sc3ccccc3c2c1. The molecule has 0 N–H and O–H groups in total. The van der Waals surface area contributed by atoms with Crippen LogP contribution >= 0.6 is 11.3 Å². The fourth-order valence-corrected chi connectivity index (χ4v) is 8.10. The van der Waals surface area contributed by atoms with Crippen LogP contribution in [0.15, 0.2) is 121 Å². The molecule has 0 saturated heterocycles. The molecular formula is C37H26S. The molecule has 1 heteroatoms. The number of thiophene rings is 1. The fraction of sp³-hybridized carbons (Fsp3) is 0.0811. The Kier molecular flexibility index (Phi) is 4.54. The van der Waals surface area contributed by atoms with Crippen LogP contribution in [-0.4, -0.2) is 0 Å². The summed E-state index contributed by atoms with van der Waals surface area (Å²) >= 11 is 1.91. The molecule has 6 aromatic carbocycles. The van der Waals surface area contributed by atoms with Crippen molar-refractivity contribution in [3.63, 3.8) is 0 Å². The highest BCUT2D eigenvalue weighted by molar-refractivity contribution is 7.26. The van der Waals surface area contributed by atoms with Crippen molar-refractivity contribution in [2.45, 2.75) is 19.3 Å². The molecule has 0 fully saturated rings. The Balaban J connectivity index is 1.44. The highest BCUT2D eigenvalue weighted by atomic mass is 32.1. The molecule has 38 heavy (non-hydrogen) atoms. The van der Waals surface area contributed by atoms with Gasteiger partial charge < -0.3 is 0 Å². The van der Waals surface area contributed by atoms with Gasteiger partial charge in [0.25, 0.3) is 0 Å². The quantitative estimate of drug-likeness (QED) is 0.220. The second-order valence-corrected chi connectivity index (χ2v) is 11.8. The zero-order valence-corrected chi connectivity index (χ0v) is 22.3. The van der Waals surface area contributed by atoms with Crippen LogP contribution in [0.4, 0.5) is 0 Å². The maximum Gasteiger partial charge on any atom is 0.0441 e. The molecule has 0 unspecified atom stereocenters. The van der Waals surface area contributed by atoms with E-state index in [9.17, 15) is 0 Å². The van der Waals surface area contributed by atoms with Crippen LogP contribution in [0.3, 0.4) is 0 Å². The van der Waals surface area contributed by atoms with E-state index in [-0.39, 0.29) is 5.41 Å². The summed E-state index contributed by atoms with van der Waals surface area (Å²) in [6.45, 7) is 4.63. The topological polar surface area (TPSA) is 0 Å². The van der Waals surface area contributed by atoms with E-state index in [2.05, 4.69) is 135 Å². The van der Waals surface area contributed by atoms with Crippen LogP contribution in [0.1, 0.15) is 29.2 Å². The Morgan fingerprint density at radius 2 is 1.08 bits per heavy atom. The summed E-state index contributed by atoms with van der Waals surface area (Å²) in [5, 5.41) is 5.36. The van der Waals surface area contributed by atoms with Gasteiger partial charge in [0.05, 0.1) is 0 Å². The molecule has 0 aliphatic heterocycles. The molecule has 7 aromatic rings. The minimum atomic E-state index is -0.217. The lowest BCUT2D eigenvalue weighted by Gasteiger charge is -2.30. The van der Waals surface area contributed by atoms with E-state index in [1.165, 1.54) is 75.5 Å². The third-order valence-electron chi connectivity index (χ3n) is 8.60. The predicted octanol–water partition coefficient (Wildman–Crippen LogP) is 10.5. The van der Waals surface area contributed by atoms with Crippen LogP contribution in [0, 0.1) is 6.92 Å². The van der Waals surface area contributed by atoms with Crippen molar-refractivity contribution in [2.24, 2.45) is 0 Å². The highest BCUT2D eigenvalue weighted by Crippen LogP contribution is 2.54. The number of aryl methyl sites for hydroxylation is 1. The molecule has 0 atom stereocenters. The van der Waals surface area contributed by atoms with Crippen molar-refractivity contribution in [3.05, 3.63) is 144 Å². The number of benzene rings is 6. The summed E-state index contributed by atoms with van der Waals surface area (Å²) < 4.78 is 2.72. The second kappa shape index (κ2) is 7.90. The van der Waals surface area contributed by atoms with E-state index < -0.39 is 0 Å². The van der Waals surface area contributed by atoms with Crippen LogP contribution in [0.5, 0.6) is 0 Å². The number of fused-ring (bicyclic) bond motifs is 7. The first-order valence-corrected chi connectivity index (χ1v) is 14.1. The third-order valence-corrected chi connectivity index (χ3v) is 9.82. The minimum Gasteiger partial charge on any atom is -0.135 e. The van der Waals surface area contributed by atoms with Crippen molar-refractivity contribution in [2.75, 3.05) is 0 Å². The van der Waals surface area contributed by atoms with Gasteiger partial charge in [-0.3, -0.25) is 0 Å². The van der Waals surface area contributed by atoms with E-state index in [0.717, 1.165) is 0 Å². The molecule has 0 saturated carbocycles. The molecule has 0 spiro atoms. The lowest BCUT2D eigenvalue weighted by atomic mass is 9.72. The second-order valence-electron chi connectivity index (χ2n) is 10.7. The lowest BCUT2D eigenvalue weighted by molar-refractivity contribution is 0.721. The maximum atomic E-state index is 2.41. The van der Waals surface area contributed by atoms with Crippen molar-refractivity contribution >= 4 is 42.3 Å². The lowest BCUT2D eigenvalue weighted by Crippen LogP contribution is -2.22. The summed E-state index contributed by atoms with van der Waals surface area (Å²) in [6, 6.07) is 45.2. The number of rotatable bonds is 2. The molecule has 0 nitrogen and oxygen atoms in total. The predicted molar refractivity (Wildman–Crippen MR) is 164 cm³/mol. The van der Waals surface area contributed by atoms with Gasteiger partial charge in [-0.1, -0.05) is 103 Å². The van der Waals surface area contributed by atoms with E-state index in [1.807, 2.05) is 11.3 Å². The van der Waals surface area contributed by atoms with Crippen LogP contribution in [-0.2, 0) is 5.41 Å². The molecule has 1 aromatic heterocycles. The van der Waals surface area contributed by atoms with Gasteiger partial charge in [0.2, 0.25) is 0 Å². The minimum absolute atomic E-state index is 0.217. The number of hydrogen-bond donors (Lipinski definition) is 0. The summed E-state index contributed by atoms with van der Waals surface area (Å²) in [6.07, 6.45) is 0. The van der Waals surface area contributed by atoms with Crippen LogP contribution < -0.4 is 0 Å². The zero-order valence-electron chi connectivity index (χ0n) is 21.5. The Morgan fingerprint density at radius 1 is 0.474 bits per heavy atom. The van der Waals surface area contributed by atoms with Gasteiger partial charge in [0.1, 0.15) is 0 Å². The van der Waals surface area contributed by atoms with E-state index in [0.29, 0.717) is 0 Å². The van der Waals surface area contributed by atoms with Crippen molar-refractivity contribution < 1.29 is 0 Å². The molecule has 8 rings (SSSR count). The molecule has 1 aliphatic carbocycles. The Morgan fingerprint density at radius 3 is 1.82 bits per heavy atom. The van der Waals surface area contributed by atoms with E-state index in [4.69, 9.17) is 0 Å². The van der Waals surface area contributed by atoms with Crippen molar-refractivity contribution in [3.8, 4) is 22.3 Å². The molecule has 180 valence electrons. The van der Waals surface area contributed by atoms with Gasteiger partial charge in [-0.05, 0) is 81.8 Å². The van der Waals surface area contributed by atoms with Gasteiger partial charge in [0.15, 0.2) is 0 Å². The summed E-state index contributed by atoms with van der Waals surface area (Å²) in [5.41, 5.74) is 10.6. The monoisotopic (exact) mass is 502 g/mol. The standard InChI is InChI=1S/C37H26S/c1-23-21-30(36-31(22-23)29-15-7-10-18-35(29)38-36)25-19-20-34(26-12-4-3-11-24(25)26)37(2)32-16-8-5-13-27(32)28-14-6-9-17-33(28)37/h3-22H,1-2H3. The first kappa shape index (κ1) is 21.8. The Labute approximate surface area is 226 Å². The third kappa shape index (κ3) is 2.85. The average Bonchev–Trinajstić information content (AvgIpc) is 3.46. The molecule has 0 radical (unpaired) electrons. The van der Waals surface area contributed by atoms with E-state index in [1.54, 1.807) is 0 Å². The van der Waals surface area contributed by atoms with Crippen molar-refractivity contribution in [1.82, 2.24) is 0 Å². The van der Waals surface area contributed by atoms with Crippen LogP contribution in [0.2, 0.25) is 0 Å². The average molecular weight is 503 g/mol. The molecule has 0 amide bonds. The summed E-state index contributed by atoms with van der Waals surface area (Å²) in [4.78, 5) is 0. The molecule has 0 bridgehead atoms. The normalized spacial score (nSPS) is 13.7. The Hall–Kier alpha value is -4.20. The maximum absolute atomic E-state index is 2.41. The number of hydrogen-bond acceptors (Lipinski definition) is 1. The van der Waals surface area contributed by atoms with E-state index >= 15 is 0 Å². The smallest absolute Gasteiger partial charge is 0.0441 e. The highest BCUT2D eigenvalue weighted by Gasteiger charge is 2.41. The van der Waals surface area contributed by atoms with Gasteiger partial charge in [0, 0.05) is 31.2 Å². The fourth-order valence-electron chi connectivity index (χ4n) is 6.88. The molecule has 1 heterocycles. The summed E-state index contributed by atoms with van der Waals surface area (Å²) in [7, 11) is 0. The molecular weight excluding hydrogens is 476 g/mol. The Bertz CT molecular complexity index is 2010. The van der Waals surface area contributed by atoms with Gasteiger partial charge in [-0.15, -0.1) is 11.3 Å². The summed E-state index contributed by atoms with van der Waals surface area (Å²) in [5.74, 6) is 0. The van der Waals surface area contributed by atoms with Gasteiger partial charge >= 0.3 is 0 Å².